The fraction of sp³-hybridized carbons (Fsp3) is 0.500. The van der Waals surface area contributed by atoms with Crippen molar-refractivity contribution >= 4 is 11.6 Å². The average molecular weight is 224 g/mol. The number of nitrogens with two attached hydrogens (primary N) is 1. The Morgan fingerprint density at radius 1 is 1.40 bits per heavy atom. The lowest BCUT2D eigenvalue weighted by atomic mass is 9.73. The summed E-state index contributed by atoms with van der Waals surface area (Å²) in [4.78, 5) is 0. The van der Waals surface area contributed by atoms with Crippen LogP contribution in [0.4, 0.5) is 0 Å². The van der Waals surface area contributed by atoms with E-state index in [1.54, 1.807) is 0 Å². The van der Waals surface area contributed by atoms with E-state index in [2.05, 4.69) is 0 Å². The van der Waals surface area contributed by atoms with Gasteiger partial charge in [0.15, 0.2) is 0 Å². The molecule has 2 nitrogen and oxygen atoms in total. The molecule has 0 saturated heterocycles. The summed E-state index contributed by atoms with van der Waals surface area (Å²) in [7, 11) is 0. The molecule has 0 amide bonds. The molecule has 1 aliphatic carbocycles. The van der Waals surface area contributed by atoms with E-state index >= 15 is 0 Å². The maximum absolute atomic E-state index is 6.16. The summed E-state index contributed by atoms with van der Waals surface area (Å²) >= 11 is 5.95. The second kappa shape index (κ2) is 3.13. The van der Waals surface area contributed by atoms with Crippen LogP contribution in [0, 0.1) is 0 Å². The van der Waals surface area contributed by atoms with Gasteiger partial charge < -0.3 is 10.5 Å². The van der Waals surface area contributed by atoms with Crippen molar-refractivity contribution in [2.45, 2.75) is 37.3 Å². The van der Waals surface area contributed by atoms with Gasteiger partial charge in [-0.1, -0.05) is 11.6 Å². The Morgan fingerprint density at radius 3 is 2.87 bits per heavy atom. The zero-order valence-electron chi connectivity index (χ0n) is 8.50. The van der Waals surface area contributed by atoms with E-state index in [-0.39, 0.29) is 11.6 Å². The van der Waals surface area contributed by atoms with Crippen molar-refractivity contribution < 1.29 is 4.74 Å². The molecule has 1 aromatic rings. The molecular formula is C12H14ClNO. The van der Waals surface area contributed by atoms with Crippen molar-refractivity contribution in [2.75, 3.05) is 0 Å². The number of ether oxygens (including phenoxy) is 1. The van der Waals surface area contributed by atoms with Crippen molar-refractivity contribution in [2.24, 2.45) is 5.73 Å². The fourth-order valence-electron chi connectivity index (χ4n) is 2.56. The normalized spacial score (nSPS) is 26.7. The highest BCUT2D eigenvalue weighted by molar-refractivity contribution is 6.30. The topological polar surface area (TPSA) is 35.2 Å². The average Bonchev–Trinajstić information content (AvgIpc) is 2.16. The molecule has 2 N–H and O–H groups in total. The van der Waals surface area contributed by atoms with E-state index in [0.29, 0.717) is 0 Å². The van der Waals surface area contributed by atoms with Gasteiger partial charge in [-0.05, 0) is 37.5 Å². The lowest BCUT2D eigenvalue weighted by Gasteiger charge is -2.47. The predicted octanol–water partition coefficient (Wildman–Crippen LogP) is 3.05. The van der Waals surface area contributed by atoms with Crippen molar-refractivity contribution in [1.29, 1.82) is 0 Å². The van der Waals surface area contributed by atoms with Crippen molar-refractivity contribution in [3.05, 3.63) is 28.8 Å². The van der Waals surface area contributed by atoms with E-state index < -0.39 is 0 Å². The van der Waals surface area contributed by atoms with Crippen LogP contribution in [0.15, 0.2) is 18.2 Å². The van der Waals surface area contributed by atoms with Crippen LogP contribution in [-0.2, 0) is 0 Å². The first kappa shape index (κ1) is 9.49. The lowest BCUT2D eigenvalue weighted by Crippen LogP contribution is -2.48. The van der Waals surface area contributed by atoms with Gasteiger partial charge >= 0.3 is 0 Å². The number of hydrogen-bond donors (Lipinski definition) is 1. The van der Waals surface area contributed by atoms with Crippen LogP contribution in [0.2, 0.25) is 5.02 Å². The summed E-state index contributed by atoms with van der Waals surface area (Å²) in [5.74, 6) is 0.929. The van der Waals surface area contributed by atoms with Gasteiger partial charge in [-0.25, -0.2) is 0 Å². The Kier molecular flexibility index (Phi) is 1.98. The lowest BCUT2D eigenvalue weighted by molar-refractivity contribution is -0.0329. The van der Waals surface area contributed by atoms with Crippen molar-refractivity contribution in [3.63, 3.8) is 0 Å². The zero-order chi connectivity index (χ0) is 10.5. The second-order valence-electron chi connectivity index (χ2n) is 4.63. The summed E-state index contributed by atoms with van der Waals surface area (Å²) in [5.41, 5.74) is 7.26. The predicted molar refractivity (Wildman–Crippen MR) is 60.2 cm³/mol. The molecular weight excluding hydrogens is 210 g/mol. The third-order valence-electron chi connectivity index (χ3n) is 3.55. The third-order valence-corrected chi connectivity index (χ3v) is 3.79. The minimum atomic E-state index is 0.0419. The maximum atomic E-state index is 6.16. The molecule has 3 heteroatoms. The van der Waals surface area contributed by atoms with Crippen LogP contribution in [0.25, 0.3) is 0 Å². The zero-order valence-corrected chi connectivity index (χ0v) is 9.26. The van der Waals surface area contributed by atoms with Crippen molar-refractivity contribution in [3.8, 4) is 5.75 Å². The minimum absolute atomic E-state index is 0.0419. The molecule has 1 saturated carbocycles. The third kappa shape index (κ3) is 1.44. The number of halogens is 1. The molecule has 0 unspecified atom stereocenters. The first-order valence-corrected chi connectivity index (χ1v) is 5.80. The van der Waals surface area contributed by atoms with Crippen LogP contribution >= 0.6 is 11.6 Å². The Morgan fingerprint density at radius 2 is 2.20 bits per heavy atom. The van der Waals surface area contributed by atoms with Gasteiger partial charge in [0.05, 0.1) is 0 Å². The van der Waals surface area contributed by atoms with Gasteiger partial charge in [-0.15, -0.1) is 0 Å². The monoisotopic (exact) mass is 223 g/mol. The highest BCUT2D eigenvalue weighted by Crippen LogP contribution is 2.48. The molecule has 1 fully saturated rings. The SMILES string of the molecule is N[C@@H]1CC2(CCC2)Oc2ccc(Cl)cc21. The van der Waals surface area contributed by atoms with Gasteiger partial charge in [0.25, 0.3) is 0 Å². The Bertz CT molecular complexity index is 401. The molecule has 0 aromatic heterocycles. The van der Waals surface area contributed by atoms with Crippen LogP contribution in [-0.4, -0.2) is 5.60 Å². The molecule has 80 valence electrons. The summed E-state index contributed by atoms with van der Waals surface area (Å²) in [5, 5.41) is 0.734. The molecule has 1 aromatic carbocycles. The molecule has 1 atom stereocenters. The molecule has 3 rings (SSSR count). The fourth-order valence-corrected chi connectivity index (χ4v) is 2.75. The van der Waals surface area contributed by atoms with E-state index in [0.717, 1.165) is 35.6 Å². The summed E-state index contributed by atoms with van der Waals surface area (Å²) in [6.45, 7) is 0. The minimum Gasteiger partial charge on any atom is -0.487 e. The first-order valence-electron chi connectivity index (χ1n) is 5.43. The van der Waals surface area contributed by atoms with E-state index in [1.807, 2.05) is 18.2 Å². The Balaban J connectivity index is 2.01. The smallest absolute Gasteiger partial charge is 0.125 e. The first-order chi connectivity index (χ1) is 7.19. The van der Waals surface area contributed by atoms with Crippen LogP contribution in [0.5, 0.6) is 5.75 Å². The number of benzene rings is 1. The number of fused-ring (bicyclic) bond motifs is 1. The summed E-state index contributed by atoms with van der Waals surface area (Å²) < 4.78 is 6.04. The van der Waals surface area contributed by atoms with Crippen molar-refractivity contribution in [1.82, 2.24) is 0 Å². The number of hydrogen-bond acceptors (Lipinski definition) is 2. The van der Waals surface area contributed by atoms with E-state index in [4.69, 9.17) is 22.1 Å². The van der Waals surface area contributed by atoms with Gasteiger partial charge in [0.1, 0.15) is 11.4 Å². The molecule has 1 spiro atoms. The Labute approximate surface area is 94.4 Å². The standard InChI is InChI=1S/C12H14ClNO/c13-8-2-3-11-9(6-8)10(14)7-12(15-11)4-1-5-12/h2-3,6,10H,1,4-5,7,14H2/t10-/m1/s1. The van der Waals surface area contributed by atoms with Crippen LogP contribution in [0.1, 0.15) is 37.3 Å². The summed E-state index contributed by atoms with van der Waals surface area (Å²) in [6.07, 6.45) is 4.47. The molecule has 1 aliphatic heterocycles. The van der Waals surface area contributed by atoms with Crippen LogP contribution < -0.4 is 10.5 Å². The quantitative estimate of drug-likeness (QED) is 0.734. The van der Waals surface area contributed by atoms with Gasteiger partial charge in [0, 0.05) is 23.0 Å². The largest absolute Gasteiger partial charge is 0.487 e. The molecule has 15 heavy (non-hydrogen) atoms. The highest BCUT2D eigenvalue weighted by atomic mass is 35.5. The highest BCUT2D eigenvalue weighted by Gasteiger charge is 2.44. The van der Waals surface area contributed by atoms with Gasteiger partial charge in [-0.3, -0.25) is 0 Å². The second-order valence-corrected chi connectivity index (χ2v) is 5.07. The number of rotatable bonds is 0. The maximum Gasteiger partial charge on any atom is 0.125 e. The molecule has 2 aliphatic rings. The molecule has 0 radical (unpaired) electrons. The Hall–Kier alpha value is -0.730. The van der Waals surface area contributed by atoms with Gasteiger partial charge in [0.2, 0.25) is 0 Å². The van der Waals surface area contributed by atoms with E-state index in [1.165, 1.54) is 6.42 Å². The summed E-state index contributed by atoms with van der Waals surface area (Å²) in [6, 6.07) is 5.81. The van der Waals surface area contributed by atoms with Crippen LogP contribution in [0.3, 0.4) is 0 Å². The molecule has 1 heterocycles. The van der Waals surface area contributed by atoms with E-state index in [9.17, 15) is 0 Å². The van der Waals surface area contributed by atoms with Gasteiger partial charge in [-0.2, -0.15) is 0 Å². The molecule has 0 bridgehead atoms.